The van der Waals surface area contributed by atoms with Gasteiger partial charge in [0.05, 0.1) is 0 Å². The second kappa shape index (κ2) is 6.61. The van der Waals surface area contributed by atoms with Gasteiger partial charge >= 0.3 is 0 Å². The van der Waals surface area contributed by atoms with Crippen LogP contribution in [0.3, 0.4) is 0 Å². The third-order valence-corrected chi connectivity index (χ3v) is 4.70. The van der Waals surface area contributed by atoms with Gasteiger partial charge in [-0.05, 0) is 55.3 Å². The van der Waals surface area contributed by atoms with Gasteiger partial charge in [0.2, 0.25) is 0 Å². The number of aromatic amines is 1. The van der Waals surface area contributed by atoms with Gasteiger partial charge < -0.3 is 16.0 Å². The molecule has 1 aromatic heterocycles. The largest absolute Gasteiger partial charge is 0.381 e. The third-order valence-electron chi connectivity index (χ3n) is 4.70. The molecular weight excluding hydrogens is 306 g/mol. The van der Waals surface area contributed by atoms with Gasteiger partial charge in [-0.1, -0.05) is 42.0 Å². The predicted molar refractivity (Wildman–Crippen MR) is 107 cm³/mol. The smallest absolute Gasteiger partial charge is 0.0499 e. The molecule has 0 fully saturated rings. The van der Waals surface area contributed by atoms with E-state index >= 15 is 0 Å². The lowest BCUT2D eigenvalue weighted by Gasteiger charge is -2.10. The van der Waals surface area contributed by atoms with Gasteiger partial charge in [-0.3, -0.25) is 0 Å². The van der Waals surface area contributed by atoms with Gasteiger partial charge in [0.15, 0.2) is 0 Å². The summed E-state index contributed by atoms with van der Waals surface area (Å²) in [6.07, 6.45) is 0.864. The summed E-state index contributed by atoms with van der Waals surface area (Å²) in [7, 11) is 0. The van der Waals surface area contributed by atoms with Crippen LogP contribution in [-0.4, -0.2) is 11.5 Å². The van der Waals surface area contributed by atoms with Crippen molar-refractivity contribution >= 4 is 27.5 Å². The molecule has 3 nitrogen and oxygen atoms in total. The maximum absolute atomic E-state index is 5.85. The summed E-state index contributed by atoms with van der Waals surface area (Å²) in [6.45, 7) is 3.60. The minimum absolute atomic E-state index is 0.644. The van der Waals surface area contributed by atoms with E-state index in [1.807, 2.05) is 6.07 Å². The van der Waals surface area contributed by atoms with Gasteiger partial charge in [0.25, 0.3) is 0 Å². The fraction of sp³-hybridized carbons (Fsp3) is 0.182. The van der Waals surface area contributed by atoms with E-state index < -0.39 is 0 Å². The van der Waals surface area contributed by atoms with Crippen LogP contribution in [-0.2, 0) is 13.0 Å². The Bertz CT molecular complexity index is 1020. The predicted octanol–water partition coefficient (Wildman–Crippen LogP) is 4.74. The molecule has 4 aromatic rings. The Labute approximate surface area is 147 Å². The van der Waals surface area contributed by atoms with E-state index in [9.17, 15) is 0 Å². The van der Waals surface area contributed by atoms with E-state index in [1.54, 1.807) is 0 Å². The van der Waals surface area contributed by atoms with E-state index in [-0.39, 0.29) is 0 Å². The highest BCUT2D eigenvalue weighted by Crippen LogP contribution is 2.31. The molecule has 4 rings (SSSR count). The van der Waals surface area contributed by atoms with Crippen LogP contribution in [0.2, 0.25) is 0 Å². The Balaban J connectivity index is 1.78. The Hall–Kier alpha value is -2.78. The van der Waals surface area contributed by atoms with E-state index in [0.717, 1.165) is 18.7 Å². The molecule has 3 aromatic carbocycles. The minimum Gasteiger partial charge on any atom is -0.381 e. The summed E-state index contributed by atoms with van der Waals surface area (Å²) >= 11 is 0. The Morgan fingerprint density at radius 1 is 0.960 bits per heavy atom. The summed E-state index contributed by atoms with van der Waals surface area (Å²) in [5.74, 6) is 0. The fourth-order valence-electron chi connectivity index (χ4n) is 3.44. The van der Waals surface area contributed by atoms with Crippen LogP contribution in [0.4, 0.5) is 5.69 Å². The molecule has 0 aliphatic heterocycles. The summed E-state index contributed by atoms with van der Waals surface area (Å²) in [5.41, 5.74) is 13.2. The van der Waals surface area contributed by atoms with Crippen molar-refractivity contribution in [2.24, 2.45) is 5.73 Å². The van der Waals surface area contributed by atoms with E-state index in [0.29, 0.717) is 6.54 Å². The van der Waals surface area contributed by atoms with Crippen molar-refractivity contribution in [3.05, 3.63) is 77.4 Å². The summed E-state index contributed by atoms with van der Waals surface area (Å²) < 4.78 is 0. The number of aryl methyl sites for hydroxylation is 1. The number of aromatic nitrogens is 1. The van der Waals surface area contributed by atoms with E-state index in [2.05, 4.69) is 71.8 Å². The molecule has 0 saturated carbocycles. The molecule has 0 bridgehead atoms. The lowest BCUT2D eigenvalue weighted by atomic mass is 10.0. The zero-order valence-electron chi connectivity index (χ0n) is 14.5. The maximum atomic E-state index is 5.85. The molecule has 0 atom stereocenters. The number of anilines is 1. The molecule has 0 saturated heterocycles. The van der Waals surface area contributed by atoms with Crippen molar-refractivity contribution in [1.29, 1.82) is 0 Å². The SMILES string of the molecule is Cc1ccc2[nH]c3c(CCN)cc(NCc4ccccc4)cc3c2c1. The Kier molecular flexibility index (Phi) is 4.16. The topological polar surface area (TPSA) is 53.8 Å². The number of rotatable bonds is 5. The Morgan fingerprint density at radius 2 is 1.80 bits per heavy atom. The van der Waals surface area contributed by atoms with Gasteiger partial charge in [0.1, 0.15) is 0 Å². The lowest BCUT2D eigenvalue weighted by molar-refractivity contribution is 0.974. The number of fused-ring (bicyclic) bond motifs is 3. The molecular formula is C22H23N3. The molecule has 0 unspecified atom stereocenters. The maximum Gasteiger partial charge on any atom is 0.0499 e. The number of benzene rings is 3. The second-order valence-electron chi connectivity index (χ2n) is 6.61. The van der Waals surface area contributed by atoms with E-state index in [4.69, 9.17) is 5.73 Å². The van der Waals surface area contributed by atoms with Crippen LogP contribution < -0.4 is 11.1 Å². The quantitative estimate of drug-likeness (QED) is 0.495. The molecule has 0 spiro atoms. The number of H-pyrrole nitrogens is 1. The normalized spacial score (nSPS) is 11.3. The van der Waals surface area contributed by atoms with Crippen LogP contribution in [0, 0.1) is 6.92 Å². The first-order valence-electron chi connectivity index (χ1n) is 8.77. The van der Waals surface area contributed by atoms with Gasteiger partial charge in [-0.2, -0.15) is 0 Å². The van der Waals surface area contributed by atoms with Crippen molar-refractivity contribution in [3.8, 4) is 0 Å². The van der Waals surface area contributed by atoms with Gasteiger partial charge in [-0.15, -0.1) is 0 Å². The van der Waals surface area contributed by atoms with Crippen molar-refractivity contribution in [1.82, 2.24) is 4.98 Å². The molecule has 126 valence electrons. The molecule has 25 heavy (non-hydrogen) atoms. The minimum atomic E-state index is 0.644. The Morgan fingerprint density at radius 3 is 2.60 bits per heavy atom. The third kappa shape index (κ3) is 3.11. The lowest BCUT2D eigenvalue weighted by Crippen LogP contribution is -2.05. The standard InChI is InChI=1S/C22H23N3/c1-15-7-8-21-19(11-15)20-13-18(12-17(9-10-23)22(20)25-21)24-14-16-5-3-2-4-6-16/h2-8,11-13,24-25H,9-10,14,23H2,1H3. The zero-order valence-corrected chi connectivity index (χ0v) is 14.5. The zero-order chi connectivity index (χ0) is 17.2. The first kappa shape index (κ1) is 15.7. The first-order chi connectivity index (χ1) is 12.2. The van der Waals surface area contributed by atoms with Crippen molar-refractivity contribution in [2.75, 3.05) is 11.9 Å². The van der Waals surface area contributed by atoms with E-state index in [1.165, 1.54) is 38.5 Å². The molecule has 0 aliphatic carbocycles. The number of nitrogens with one attached hydrogen (secondary N) is 2. The van der Waals surface area contributed by atoms with Crippen molar-refractivity contribution in [2.45, 2.75) is 19.9 Å². The van der Waals surface area contributed by atoms with Crippen molar-refractivity contribution < 1.29 is 0 Å². The highest BCUT2D eigenvalue weighted by Gasteiger charge is 2.10. The molecule has 3 heteroatoms. The average Bonchev–Trinajstić information content (AvgIpc) is 2.99. The van der Waals surface area contributed by atoms with Gasteiger partial charge in [-0.25, -0.2) is 0 Å². The highest BCUT2D eigenvalue weighted by atomic mass is 14.9. The van der Waals surface area contributed by atoms with Crippen LogP contribution in [0.15, 0.2) is 60.7 Å². The highest BCUT2D eigenvalue weighted by molar-refractivity contribution is 6.09. The molecule has 4 N–H and O–H groups in total. The van der Waals surface area contributed by atoms with Crippen LogP contribution in [0.1, 0.15) is 16.7 Å². The molecule has 0 amide bonds. The van der Waals surface area contributed by atoms with Crippen LogP contribution in [0.25, 0.3) is 21.8 Å². The van der Waals surface area contributed by atoms with Gasteiger partial charge in [0, 0.05) is 34.0 Å². The summed E-state index contributed by atoms with van der Waals surface area (Å²) in [5, 5.41) is 6.11. The average molecular weight is 329 g/mol. The summed E-state index contributed by atoms with van der Waals surface area (Å²) in [6, 6.07) is 21.5. The second-order valence-corrected chi connectivity index (χ2v) is 6.61. The van der Waals surface area contributed by atoms with Crippen LogP contribution in [0.5, 0.6) is 0 Å². The molecule has 1 heterocycles. The molecule has 0 radical (unpaired) electrons. The summed E-state index contributed by atoms with van der Waals surface area (Å²) in [4.78, 5) is 3.58. The monoisotopic (exact) mass is 329 g/mol. The van der Waals surface area contributed by atoms with Crippen LogP contribution >= 0.6 is 0 Å². The first-order valence-corrected chi connectivity index (χ1v) is 8.77. The number of hydrogen-bond acceptors (Lipinski definition) is 2. The number of hydrogen-bond donors (Lipinski definition) is 3. The molecule has 0 aliphatic rings. The number of nitrogens with two attached hydrogens (primary N) is 1. The fourth-order valence-corrected chi connectivity index (χ4v) is 3.44. The van der Waals surface area contributed by atoms with Crippen molar-refractivity contribution in [3.63, 3.8) is 0 Å².